The van der Waals surface area contributed by atoms with Crippen molar-refractivity contribution in [2.24, 2.45) is 0 Å². The average Bonchev–Trinajstić information content (AvgIpc) is 2.82. The van der Waals surface area contributed by atoms with E-state index in [-0.39, 0.29) is 5.91 Å². The zero-order chi connectivity index (χ0) is 11.8. The van der Waals surface area contributed by atoms with Gasteiger partial charge in [0.2, 0.25) is 5.91 Å². The molecule has 4 heteroatoms. The molecule has 0 aromatic rings. The molecular formula is C13H23N3O. The molecule has 3 fully saturated rings. The maximum atomic E-state index is 11.2. The third kappa shape index (κ3) is 2.20. The van der Waals surface area contributed by atoms with Gasteiger partial charge in [-0.3, -0.25) is 9.69 Å². The average molecular weight is 237 g/mol. The highest BCUT2D eigenvalue weighted by Crippen LogP contribution is 2.36. The Morgan fingerprint density at radius 2 is 2.00 bits per heavy atom. The van der Waals surface area contributed by atoms with Crippen LogP contribution in [0.5, 0.6) is 0 Å². The van der Waals surface area contributed by atoms with E-state index in [2.05, 4.69) is 22.6 Å². The summed E-state index contributed by atoms with van der Waals surface area (Å²) in [5.41, 5.74) is 0. The van der Waals surface area contributed by atoms with E-state index >= 15 is 0 Å². The largest absolute Gasteiger partial charge is 0.352 e. The van der Waals surface area contributed by atoms with Crippen LogP contribution in [0.4, 0.5) is 0 Å². The Morgan fingerprint density at radius 3 is 2.53 bits per heavy atom. The fourth-order valence-corrected chi connectivity index (χ4v) is 3.88. The molecule has 3 atom stereocenters. The van der Waals surface area contributed by atoms with Gasteiger partial charge in [0.15, 0.2) is 0 Å². The molecule has 17 heavy (non-hydrogen) atoms. The van der Waals surface area contributed by atoms with Crippen LogP contribution >= 0.6 is 0 Å². The molecule has 3 rings (SSSR count). The molecule has 0 radical (unpaired) electrons. The number of amides is 1. The van der Waals surface area contributed by atoms with Crippen LogP contribution in [-0.2, 0) is 4.79 Å². The first-order chi connectivity index (χ1) is 8.26. The van der Waals surface area contributed by atoms with Gasteiger partial charge >= 0.3 is 0 Å². The lowest BCUT2D eigenvalue weighted by atomic mass is 9.96. The summed E-state index contributed by atoms with van der Waals surface area (Å²) in [6, 6.07) is 2.63. The van der Waals surface area contributed by atoms with Crippen LogP contribution in [0.25, 0.3) is 0 Å². The summed E-state index contributed by atoms with van der Waals surface area (Å²) < 4.78 is 0. The van der Waals surface area contributed by atoms with Gasteiger partial charge in [-0.15, -0.1) is 0 Å². The van der Waals surface area contributed by atoms with E-state index in [1.165, 1.54) is 25.7 Å². The van der Waals surface area contributed by atoms with Crippen molar-refractivity contribution in [3.05, 3.63) is 0 Å². The van der Waals surface area contributed by atoms with Crippen LogP contribution in [0.2, 0.25) is 0 Å². The SMILES string of the molecule is CNC1CC2CCC(C1)N2CC1CCC(=O)N1. The number of nitrogens with one attached hydrogen (secondary N) is 2. The highest BCUT2D eigenvalue weighted by molar-refractivity contribution is 5.78. The summed E-state index contributed by atoms with van der Waals surface area (Å²) >= 11 is 0. The number of rotatable bonds is 3. The summed E-state index contributed by atoms with van der Waals surface area (Å²) in [7, 11) is 2.08. The van der Waals surface area contributed by atoms with Crippen LogP contribution in [0.15, 0.2) is 0 Å². The summed E-state index contributed by atoms with van der Waals surface area (Å²) in [4.78, 5) is 13.9. The summed E-state index contributed by atoms with van der Waals surface area (Å²) in [6.07, 6.45) is 7.03. The third-order valence-corrected chi connectivity index (χ3v) is 4.81. The number of hydrogen-bond donors (Lipinski definition) is 2. The minimum atomic E-state index is 0.243. The summed E-state index contributed by atoms with van der Waals surface area (Å²) in [5.74, 6) is 0.243. The van der Waals surface area contributed by atoms with Gasteiger partial charge in [0.25, 0.3) is 0 Å². The second-order valence-corrected chi connectivity index (χ2v) is 5.84. The molecule has 0 spiro atoms. The highest BCUT2D eigenvalue weighted by atomic mass is 16.1. The molecule has 0 saturated carbocycles. The number of piperidine rings is 1. The van der Waals surface area contributed by atoms with E-state index in [1.54, 1.807) is 0 Å². The topological polar surface area (TPSA) is 44.4 Å². The Hall–Kier alpha value is -0.610. The Morgan fingerprint density at radius 1 is 1.29 bits per heavy atom. The van der Waals surface area contributed by atoms with Crippen molar-refractivity contribution in [1.82, 2.24) is 15.5 Å². The van der Waals surface area contributed by atoms with E-state index in [0.29, 0.717) is 12.1 Å². The van der Waals surface area contributed by atoms with Crippen molar-refractivity contribution >= 4 is 5.91 Å². The summed E-state index contributed by atoms with van der Waals surface area (Å²) in [5, 5.41) is 6.53. The standard InChI is InChI=1S/C13H23N3O/c1-14-10-6-11-3-4-12(7-10)16(11)8-9-2-5-13(17)15-9/h9-12,14H,2-8H2,1H3,(H,15,17). The van der Waals surface area contributed by atoms with Gasteiger partial charge in [0.1, 0.15) is 0 Å². The first kappa shape index (κ1) is 11.5. The normalized spacial score (nSPS) is 41.8. The van der Waals surface area contributed by atoms with Crippen LogP contribution in [-0.4, -0.2) is 48.6 Å². The first-order valence-corrected chi connectivity index (χ1v) is 6.98. The Bertz CT molecular complexity index is 293. The minimum absolute atomic E-state index is 0.243. The van der Waals surface area contributed by atoms with Gasteiger partial charge in [-0.2, -0.15) is 0 Å². The molecular weight excluding hydrogens is 214 g/mol. The lowest BCUT2D eigenvalue weighted by Crippen LogP contribution is -2.51. The maximum Gasteiger partial charge on any atom is 0.220 e. The number of carbonyl (C=O) groups is 1. The number of hydrogen-bond acceptors (Lipinski definition) is 3. The van der Waals surface area contributed by atoms with Crippen molar-refractivity contribution in [2.75, 3.05) is 13.6 Å². The van der Waals surface area contributed by atoms with E-state index in [4.69, 9.17) is 0 Å². The summed E-state index contributed by atoms with van der Waals surface area (Å²) in [6.45, 7) is 1.08. The van der Waals surface area contributed by atoms with Gasteiger partial charge in [-0.05, 0) is 39.2 Å². The minimum Gasteiger partial charge on any atom is -0.352 e. The number of fused-ring (bicyclic) bond motifs is 2. The van der Waals surface area contributed by atoms with Crippen molar-refractivity contribution < 1.29 is 4.79 Å². The Balaban J connectivity index is 1.59. The maximum absolute atomic E-state index is 11.2. The quantitative estimate of drug-likeness (QED) is 0.750. The molecule has 0 aromatic carbocycles. The molecule has 3 aliphatic heterocycles. The van der Waals surface area contributed by atoms with E-state index < -0.39 is 0 Å². The predicted molar refractivity (Wildman–Crippen MR) is 66.8 cm³/mol. The molecule has 3 heterocycles. The van der Waals surface area contributed by atoms with Crippen molar-refractivity contribution in [3.63, 3.8) is 0 Å². The van der Waals surface area contributed by atoms with E-state index in [1.807, 2.05) is 0 Å². The Kier molecular flexibility index (Phi) is 3.09. The Labute approximate surface area is 103 Å². The van der Waals surface area contributed by atoms with Crippen molar-refractivity contribution in [3.8, 4) is 0 Å². The van der Waals surface area contributed by atoms with Crippen molar-refractivity contribution in [1.29, 1.82) is 0 Å². The molecule has 3 saturated heterocycles. The van der Waals surface area contributed by atoms with Crippen LogP contribution in [0, 0.1) is 0 Å². The second-order valence-electron chi connectivity index (χ2n) is 5.84. The number of carbonyl (C=O) groups excluding carboxylic acids is 1. The first-order valence-electron chi connectivity index (χ1n) is 6.98. The molecule has 1 amide bonds. The third-order valence-electron chi connectivity index (χ3n) is 4.81. The zero-order valence-corrected chi connectivity index (χ0v) is 10.6. The molecule has 3 unspecified atom stereocenters. The van der Waals surface area contributed by atoms with Gasteiger partial charge in [-0.1, -0.05) is 0 Å². The van der Waals surface area contributed by atoms with Crippen LogP contribution < -0.4 is 10.6 Å². The van der Waals surface area contributed by atoms with E-state index in [9.17, 15) is 4.79 Å². The molecule has 96 valence electrons. The fraction of sp³-hybridized carbons (Fsp3) is 0.923. The van der Waals surface area contributed by atoms with Gasteiger partial charge in [-0.25, -0.2) is 0 Å². The zero-order valence-electron chi connectivity index (χ0n) is 10.6. The van der Waals surface area contributed by atoms with E-state index in [0.717, 1.165) is 31.5 Å². The fourth-order valence-electron chi connectivity index (χ4n) is 3.88. The van der Waals surface area contributed by atoms with Crippen LogP contribution in [0.1, 0.15) is 38.5 Å². The lowest BCUT2D eigenvalue weighted by molar-refractivity contribution is -0.119. The van der Waals surface area contributed by atoms with Crippen LogP contribution in [0.3, 0.4) is 0 Å². The molecule has 2 N–H and O–H groups in total. The lowest BCUT2D eigenvalue weighted by Gasteiger charge is -2.40. The molecule has 3 aliphatic rings. The molecule has 4 nitrogen and oxygen atoms in total. The second kappa shape index (κ2) is 4.58. The monoisotopic (exact) mass is 237 g/mol. The molecule has 0 aromatic heterocycles. The van der Waals surface area contributed by atoms with Gasteiger partial charge in [0, 0.05) is 37.1 Å². The van der Waals surface area contributed by atoms with Gasteiger partial charge in [0.05, 0.1) is 0 Å². The highest BCUT2D eigenvalue weighted by Gasteiger charge is 2.41. The van der Waals surface area contributed by atoms with Gasteiger partial charge < -0.3 is 10.6 Å². The predicted octanol–water partition coefficient (Wildman–Crippen LogP) is 0.480. The van der Waals surface area contributed by atoms with Crippen molar-refractivity contribution in [2.45, 2.75) is 62.7 Å². The smallest absolute Gasteiger partial charge is 0.220 e. The molecule has 2 bridgehead atoms. The molecule has 0 aliphatic carbocycles. The number of nitrogens with zero attached hydrogens (tertiary/aromatic N) is 1.